The Hall–Kier alpha value is -0.840. The number of nitrogens with one attached hydrogen (secondary N) is 1. The van der Waals surface area contributed by atoms with Crippen molar-refractivity contribution in [2.75, 3.05) is 6.54 Å². The lowest BCUT2D eigenvalue weighted by Crippen LogP contribution is -2.23. The number of benzene rings is 1. The van der Waals surface area contributed by atoms with Crippen LogP contribution < -0.4 is 5.32 Å². The largest absolute Gasteiger partial charge is 0.469 e. The van der Waals surface area contributed by atoms with E-state index in [1.807, 2.05) is 19.9 Å². The highest BCUT2D eigenvalue weighted by atomic mass is 79.9. The van der Waals surface area contributed by atoms with Crippen LogP contribution >= 0.6 is 27.5 Å². The van der Waals surface area contributed by atoms with Crippen molar-refractivity contribution in [1.82, 2.24) is 5.32 Å². The first-order chi connectivity index (χ1) is 9.04. The smallest absolute Gasteiger partial charge is 0.129 e. The molecule has 1 unspecified atom stereocenters. The molecule has 102 valence electrons. The van der Waals surface area contributed by atoms with Crippen molar-refractivity contribution in [2.45, 2.75) is 19.9 Å². The Labute approximate surface area is 125 Å². The highest BCUT2D eigenvalue weighted by Crippen LogP contribution is 2.33. The van der Waals surface area contributed by atoms with Gasteiger partial charge in [0, 0.05) is 15.6 Å². The van der Waals surface area contributed by atoms with Crippen LogP contribution in [0.3, 0.4) is 0 Å². The zero-order chi connectivity index (χ0) is 14.0. The fraction of sp³-hybridized carbons (Fsp3) is 0.286. The summed E-state index contributed by atoms with van der Waals surface area (Å²) in [6, 6.07) is 4.60. The fourth-order valence-electron chi connectivity index (χ4n) is 2.05. The van der Waals surface area contributed by atoms with Gasteiger partial charge in [0.15, 0.2) is 0 Å². The summed E-state index contributed by atoms with van der Waals surface area (Å²) in [5, 5.41) is 3.74. The lowest BCUT2D eigenvalue weighted by atomic mass is 9.98. The Bertz CT molecular complexity index is 585. The van der Waals surface area contributed by atoms with Crippen LogP contribution in [-0.2, 0) is 0 Å². The Morgan fingerprint density at radius 2 is 2.16 bits per heavy atom. The molecule has 19 heavy (non-hydrogen) atoms. The van der Waals surface area contributed by atoms with E-state index in [0.29, 0.717) is 21.6 Å². The number of hydrogen-bond acceptors (Lipinski definition) is 2. The van der Waals surface area contributed by atoms with Gasteiger partial charge in [-0.2, -0.15) is 0 Å². The summed E-state index contributed by atoms with van der Waals surface area (Å²) in [6.07, 6.45) is 1.60. The molecule has 2 aromatic rings. The summed E-state index contributed by atoms with van der Waals surface area (Å²) in [5.41, 5.74) is 1.43. The normalized spacial score (nSPS) is 12.7. The molecule has 0 fully saturated rings. The third-order valence-corrected chi connectivity index (χ3v) is 4.17. The van der Waals surface area contributed by atoms with Gasteiger partial charge in [-0.25, -0.2) is 4.39 Å². The molecule has 0 saturated heterocycles. The van der Waals surface area contributed by atoms with Crippen molar-refractivity contribution >= 4 is 27.5 Å². The average molecular weight is 347 g/mol. The van der Waals surface area contributed by atoms with Crippen molar-refractivity contribution in [3.8, 4) is 0 Å². The van der Waals surface area contributed by atoms with Gasteiger partial charge < -0.3 is 9.73 Å². The molecule has 2 nitrogen and oxygen atoms in total. The predicted octanol–water partition coefficient (Wildman–Crippen LogP) is 4.84. The molecule has 0 aliphatic rings. The zero-order valence-electron chi connectivity index (χ0n) is 10.6. The first-order valence-electron chi connectivity index (χ1n) is 5.96. The summed E-state index contributed by atoms with van der Waals surface area (Å²) in [4.78, 5) is 0. The van der Waals surface area contributed by atoms with Crippen LogP contribution in [0.4, 0.5) is 4.39 Å². The monoisotopic (exact) mass is 345 g/mol. The summed E-state index contributed by atoms with van der Waals surface area (Å²) >= 11 is 9.29. The maximum atomic E-state index is 14.2. The van der Waals surface area contributed by atoms with E-state index in [-0.39, 0.29) is 11.9 Å². The van der Waals surface area contributed by atoms with Crippen molar-refractivity contribution < 1.29 is 8.81 Å². The van der Waals surface area contributed by atoms with Gasteiger partial charge in [-0.1, -0.05) is 18.5 Å². The second-order valence-corrected chi connectivity index (χ2v) is 5.47. The maximum Gasteiger partial charge on any atom is 0.129 e. The first-order valence-corrected chi connectivity index (χ1v) is 7.13. The van der Waals surface area contributed by atoms with Gasteiger partial charge >= 0.3 is 0 Å². The number of aryl methyl sites for hydroxylation is 1. The van der Waals surface area contributed by atoms with E-state index in [9.17, 15) is 4.39 Å². The minimum atomic E-state index is -0.303. The van der Waals surface area contributed by atoms with E-state index in [1.54, 1.807) is 12.3 Å². The molecule has 1 aromatic carbocycles. The van der Waals surface area contributed by atoms with E-state index in [2.05, 4.69) is 21.2 Å². The Kier molecular flexibility index (Phi) is 4.66. The molecule has 1 aromatic heterocycles. The minimum Gasteiger partial charge on any atom is -0.469 e. The zero-order valence-corrected chi connectivity index (χ0v) is 13.0. The van der Waals surface area contributed by atoms with Crippen LogP contribution in [0, 0.1) is 12.7 Å². The van der Waals surface area contributed by atoms with Gasteiger partial charge in [-0.15, -0.1) is 0 Å². The quantitative estimate of drug-likeness (QED) is 0.801. The molecule has 0 radical (unpaired) electrons. The summed E-state index contributed by atoms with van der Waals surface area (Å²) < 4.78 is 20.0. The molecule has 0 spiro atoms. The average Bonchev–Trinajstić information content (AvgIpc) is 2.77. The van der Waals surface area contributed by atoms with Crippen molar-refractivity contribution in [3.63, 3.8) is 0 Å². The van der Waals surface area contributed by atoms with E-state index < -0.39 is 0 Å². The maximum absolute atomic E-state index is 14.2. The summed E-state index contributed by atoms with van der Waals surface area (Å²) in [5.74, 6) is 0.465. The molecule has 0 saturated carbocycles. The van der Waals surface area contributed by atoms with Gasteiger partial charge in [-0.05, 0) is 47.6 Å². The molecule has 0 aliphatic heterocycles. The third kappa shape index (κ3) is 3.02. The van der Waals surface area contributed by atoms with Gasteiger partial charge in [-0.3, -0.25) is 0 Å². The van der Waals surface area contributed by atoms with E-state index in [1.165, 1.54) is 6.07 Å². The molecule has 1 atom stereocenters. The SMILES string of the molecule is CCNC(c1cc(Cl)c(Br)cc1F)c1ccoc1C. The summed E-state index contributed by atoms with van der Waals surface area (Å²) in [7, 11) is 0. The van der Waals surface area contributed by atoms with Crippen molar-refractivity contribution in [2.24, 2.45) is 0 Å². The van der Waals surface area contributed by atoms with Gasteiger partial charge in [0.1, 0.15) is 11.6 Å². The molecule has 1 N–H and O–H groups in total. The molecule has 0 aliphatic carbocycles. The standard InChI is InChI=1S/C14H14BrClFNO/c1-3-18-14(9-4-5-19-8(9)2)10-6-12(16)11(15)7-13(10)17/h4-7,14,18H,3H2,1-2H3. The predicted molar refractivity (Wildman–Crippen MR) is 78.1 cm³/mol. The van der Waals surface area contributed by atoms with Crippen LogP contribution in [0.15, 0.2) is 33.4 Å². The molecule has 5 heteroatoms. The van der Waals surface area contributed by atoms with Crippen molar-refractivity contribution in [1.29, 1.82) is 0 Å². The first kappa shape index (κ1) is 14.6. The number of halogens is 3. The second-order valence-electron chi connectivity index (χ2n) is 4.21. The lowest BCUT2D eigenvalue weighted by Gasteiger charge is -2.19. The number of rotatable bonds is 4. The fourth-order valence-corrected chi connectivity index (χ4v) is 2.53. The van der Waals surface area contributed by atoms with Crippen LogP contribution in [0.1, 0.15) is 29.9 Å². The molecular weight excluding hydrogens is 333 g/mol. The molecule has 0 amide bonds. The Morgan fingerprint density at radius 3 is 2.74 bits per heavy atom. The Morgan fingerprint density at radius 1 is 1.42 bits per heavy atom. The Balaban J connectivity index is 2.51. The van der Waals surface area contributed by atoms with E-state index in [4.69, 9.17) is 16.0 Å². The van der Waals surface area contributed by atoms with Crippen LogP contribution in [0.25, 0.3) is 0 Å². The van der Waals surface area contributed by atoms with Gasteiger partial charge in [0.05, 0.1) is 17.3 Å². The van der Waals surface area contributed by atoms with Crippen molar-refractivity contribution in [3.05, 3.63) is 56.7 Å². The topological polar surface area (TPSA) is 25.2 Å². The summed E-state index contributed by atoms with van der Waals surface area (Å²) in [6.45, 7) is 4.54. The van der Waals surface area contributed by atoms with Crippen LogP contribution in [0.2, 0.25) is 5.02 Å². The molecule has 1 heterocycles. The van der Waals surface area contributed by atoms with E-state index in [0.717, 1.165) is 11.3 Å². The highest BCUT2D eigenvalue weighted by Gasteiger charge is 2.21. The van der Waals surface area contributed by atoms with Gasteiger partial charge in [0.2, 0.25) is 0 Å². The highest BCUT2D eigenvalue weighted by molar-refractivity contribution is 9.10. The van der Waals surface area contributed by atoms with Crippen LogP contribution in [0.5, 0.6) is 0 Å². The van der Waals surface area contributed by atoms with Crippen LogP contribution in [-0.4, -0.2) is 6.54 Å². The van der Waals surface area contributed by atoms with E-state index >= 15 is 0 Å². The van der Waals surface area contributed by atoms with Gasteiger partial charge in [0.25, 0.3) is 0 Å². The molecular formula is C14H14BrClFNO. The molecule has 0 bridgehead atoms. The third-order valence-electron chi connectivity index (χ3n) is 2.97. The second kappa shape index (κ2) is 6.07. The minimum absolute atomic E-state index is 0.269. The lowest BCUT2D eigenvalue weighted by molar-refractivity contribution is 0.513. The number of hydrogen-bond donors (Lipinski definition) is 1. The number of furan rings is 1. The molecule has 2 rings (SSSR count).